The van der Waals surface area contributed by atoms with E-state index in [4.69, 9.17) is 14.0 Å². The van der Waals surface area contributed by atoms with Gasteiger partial charge in [-0.05, 0) is 44.7 Å². The maximum absolute atomic E-state index is 16.0. The highest BCUT2D eigenvalue weighted by Gasteiger charge is 2.52. The van der Waals surface area contributed by atoms with Crippen molar-refractivity contribution in [3.05, 3.63) is 23.1 Å². The number of rotatable bonds is 1. The van der Waals surface area contributed by atoms with Gasteiger partial charge in [-0.2, -0.15) is 0 Å². The minimum atomic E-state index is -0.292. The van der Waals surface area contributed by atoms with E-state index < -0.39 is 0 Å². The molecule has 5 heterocycles. The summed E-state index contributed by atoms with van der Waals surface area (Å²) in [5.74, 6) is -0.0424. The first kappa shape index (κ1) is 19.6. The fourth-order valence-electron chi connectivity index (χ4n) is 6.32. The smallest absolute Gasteiger partial charge is 0.204 e. The van der Waals surface area contributed by atoms with E-state index in [1.54, 1.807) is 0 Å². The highest BCUT2D eigenvalue weighted by molar-refractivity contribution is 5.88. The van der Waals surface area contributed by atoms with Crippen molar-refractivity contribution in [3.8, 4) is 0 Å². The minimum Gasteiger partial charge on any atom is -0.381 e. The second-order valence-electron chi connectivity index (χ2n) is 9.58. The molecule has 2 aromatic rings. The summed E-state index contributed by atoms with van der Waals surface area (Å²) in [5.41, 5.74) is 2.57. The number of halogens is 1. The third kappa shape index (κ3) is 2.95. The van der Waals surface area contributed by atoms with Gasteiger partial charge in [-0.3, -0.25) is 10.3 Å². The molecule has 0 amide bonds. The van der Waals surface area contributed by atoms with Crippen LogP contribution in [0.2, 0.25) is 0 Å². The average Bonchev–Trinajstić information content (AvgIpc) is 3.18. The van der Waals surface area contributed by atoms with Crippen LogP contribution in [0.5, 0.6) is 0 Å². The Balaban J connectivity index is 1.53. The van der Waals surface area contributed by atoms with Crippen molar-refractivity contribution in [1.29, 1.82) is 0 Å². The van der Waals surface area contributed by atoms with Crippen molar-refractivity contribution in [2.75, 3.05) is 37.9 Å². The van der Waals surface area contributed by atoms with Gasteiger partial charge >= 0.3 is 0 Å². The summed E-state index contributed by atoms with van der Waals surface area (Å²) in [6.07, 6.45) is 4.57. The van der Waals surface area contributed by atoms with E-state index in [1.807, 2.05) is 0 Å². The number of aliphatic imine (C=N–C) groups is 1. The number of fused-ring (bicyclic) bond motifs is 5. The zero-order valence-electron chi connectivity index (χ0n) is 18.1. The lowest BCUT2D eigenvalue weighted by molar-refractivity contribution is -0.0522. The summed E-state index contributed by atoms with van der Waals surface area (Å²) in [5, 5.41) is 8.58. The van der Waals surface area contributed by atoms with Crippen molar-refractivity contribution >= 4 is 22.9 Å². The topological polar surface area (TPSA) is 72.1 Å². The van der Waals surface area contributed by atoms with Gasteiger partial charge in [-0.25, -0.2) is 4.39 Å². The first-order chi connectivity index (χ1) is 15.1. The SMILES string of the molecule is C[C@@H]1CN2c3c(cc4c(C5CCOCC5)noc4c3F)CC3(C=NCNC3)[C@H]2[C@H](C)O1. The zero-order chi connectivity index (χ0) is 21.2. The molecule has 166 valence electrons. The molecule has 0 bridgehead atoms. The Labute approximate surface area is 180 Å². The van der Waals surface area contributed by atoms with Crippen molar-refractivity contribution in [3.63, 3.8) is 0 Å². The monoisotopic (exact) mass is 428 g/mol. The van der Waals surface area contributed by atoms with Gasteiger partial charge in [-0.15, -0.1) is 0 Å². The van der Waals surface area contributed by atoms with E-state index in [2.05, 4.69) is 46.5 Å². The normalized spacial score (nSPS) is 33.6. The van der Waals surface area contributed by atoms with E-state index in [0.717, 1.165) is 36.0 Å². The van der Waals surface area contributed by atoms with E-state index in [1.165, 1.54) is 0 Å². The number of morpholine rings is 1. The Kier molecular flexibility index (Phi) is 4.59. The standard InChI is InChI=1S/C23H29FN4O3/c1-13-9-28-20-16(8-23(10-25-12-26-11-23)22(28)14(2)30-13)7-17-19(15-3-5-29-6-4-15)27-31-21(17)18(20)24/h7,10,13-15,22,26H,3-6,8-9,11-12H2,1-2H3/t13-,14+,22-,23?/m1/s1. The number of aromatic nitrogens is 1. The molecule has 4 atom stereocenters. The van der Waals surface area contributed by atoms with E-state index in [9.17, 15) is 0 Å². The minimum absolute atomic E-state index is 0.0117. The second kappa shape index (κ2) is 7.25. The maximum atomic E-state index is 16.0. The molecule has 1 spiro atoms. The molecule has 8 heteroatoms. The van der Waals surface area contributed by atoms with Crippen LogP contribution in [0.4, 0.5) is 10.1 Å². The van der Waals surface area contributed by atoms with Gasteiger partial charge in [0.05, 0.1) is 36.3 Å². The number of nitrogens with zero attached hydrogens (tertiary/aromatic N) is 3. The quantitative estimate of drug-likeness (QED) is 0.753. The van der Waals surface area contributed by atoms with Gasteiger partial charge in [0, 0.05) is 49.2 Å². The van der Waals surface area contributed by atoms with Crippen LogP contribution in [-0.4, -0.2) is 62.6 Å². The number of hydrogen-bond donors (Lipinski definition) is 1. The molecular formula is C23H29FN4O3. The maximum Gasteiger partial charge on any atom is 0.204 e. The van der Waals surface area contributed by atoms with Gasteiger partial charge in [0.15, 0.2) is 5.82 Å². The summed E-state index contributed by atoms with van der Waals surface area (Å²) in [7, 11) is 0. The van der Waals surface area contributed by atoms with Gasteiger partial charge < -0.3 is 18.9 Å². The third-order valence-electron chi connectivity index (χ3n) is 7.48. The summed E-state index contributed by atoms with van der Waals surface area (Å²) in [6.45, 7) is 7.63. The van der Waals surface area contributed by atoms with Gasteiger partial charge in [0.25, 0.3) is 0 Å². The lowest BCUT2D eigenvalue weighted by Crippen LogP contribution is -2.67. The number of ether oxygens (including phenoxy) is 2. The lowest BCUT2D eigenvalue weighted by Gasteiger charge is -2.56. The second-order valence-corrected chi connectivity index (χ2v) is 9.58. The molecule has 7 nitrogen and oxygen atoms in total. The molecular weight excluding hydrogens is 399 g/mol. The molecule has 1 aromatic carbocycles. The molecule has 2 fully saturated rings. The first-order valence-corrected chi connectivity index (χ1v) is 11.4. The summed E-state index contributed by atoms with van der Waals surface area (Å²) < 4.78 is 33.3. The number of hydrogen-bond acceptors (Lipinski definition) is 7. The van der Waals surface area contributed by atoms with Crippen LogP contribution in [0.15, 0.2) is 15.6 Å². The van der Waals surface area contributed by atoms with Crippen LogP contribution in [0.3, 0.4) is 0 Å². The molecule has 31 heavy (non-hydrogen) atoms. The Hall–Kier alpha value is -2.03. The van der Waals surface area contributed by atoms with Gasteiger partial charge in [0.1, 0.15) is 0 Å². The summed E-state index contributed by atoms with van der Waals surface area (Å²) in [4.78, 5) is 6.79. The van der Waals surface area contributed by atoms with E-state index in [-0.39, 0.29) is 41.0 Å². The Morgan fingerprint density at radius 1 is 1.26 bits per heavy atom. The van der Waals surface area contributed by atoms with E-state index in [0.29, 0.717) is 38.5 Å². The van der Waals surface area contributed by atoms with Crippen molar-refractivity contribution in [1.82, 2.24) is 10.5 Å². The number of nitrogens with one attached hydrogen (secondary N) is 1. The van der Waals surface area contributed by atoms with Gasteiger partial charge in [0.2, 0.25) is 5.58 Å². The van der Waals surface area contributed by atoms with Crippen LogP contribution in [0, 0.1) is 11.2 Å². The Morgan fingerprint density at radius 3 is 2.87 bits per heavy atom. The summed E-state index contributed by atoms with van der Waals surface area (Å²) in [6, 6.07) is 2.14. The highest BCUT2D eigenvalue weighted by Crippen LogP contribution is 2.48. The summed E-state index contributed by atoms with van der Waals surface area (Å²) >= 11 is 0. The van der Waals surface area contributed by atoms with Crippen molar-refractivity contribution in [2.45, 2.75) is 57.3 Å². The zero-order valence-corrected chi connectivity index (χ0v) is 18.1. The van der Waals surface area contributed by atoms with Crippen molar-refractivity contribution in [2.24, 2.45) is 10.4 Å². The van der Waals surface area contributed by atoms with Crippen LogP contribution < -0.4 is 10.2 Å². The van der Waals surface area contributed by atoms with Crippen LogP contribution in [0.1, 0.15) is 43.9 Å². The molecule has 6 rings (SSSR count). The van der Waals surface area contributed by atoms with Crippen LogP contribution in [0.25, 0.3) is 11.0 Å². The fourth-order valence-corrected chi connectivity index (χ4v) is 6.32. The molecule has 1 aromatic heterocycles. The van der Waals surface area contributed by atoms with Gasteiger partial charge in [-0.1, -0.05) is 5.16 Å². The molecule has 0 radical (unpaired) electrons. The van der Waals surface area contributed by atoms with Crippen LogP contribution >= 0.6 is 0 Å². The van der Waals surface area contributed by atoms with Crippen LogP contribution in [-0.2, 0) is 15.9 Å². The Morgan fingerprint density at radius 2 is 2.10 bits per heavy atom. The van der Waals surface area contributed by atoms with Crippen molar-refractivity contribution < 1.29 is 18.4 Å². The highest BCUT2D eigenvalue weighted by atomic mass is 19.1. The molecule has 0 aliphatic carbocycles. The lowest BCUT2D eigenvalue weighted by atomic mass is 9.68. The molecule has 2 saturated heterocycles. The number of anilines is 1. The largest absolute Gasteiger partial charge is 0.381 e. The Bertz CT molecular complexity index is 1030. The average molecular weight is 429 g/mol. The molecule has 1 unspecified atom stereocenters. The predicted octanol–water partition coefficient (Wildman–Crippen LogP) is 3.02. The molecule has 1 N–H and O–H groups in total. The predicted molar refractivity (Wildman–Crippen MR) is 115 cm³/mol. The van der Waals surface area contributed by atoms with E-state index >= 15 is 4.39 Å². The fraction of sp³-hybridized carbons (Fsp3) is 0.652. The molecule has 4 aliphatic rings. The molecule has 0 saturated carbocycles. The first-order valence-electron chi connectivity index (χ1n) is 11.4. The number of benzene rings is 1. The third-order valence-corrected chi connectivity index (χ3v) is 7.48. The molecule has 4 aliphatic heterocycles.